The lowest BCUT2D eigenvalue weighted by Crippen LogP contribution is -2.30. The molecular weight excluding hydrogens is 284 g/mol. The molecule has 0 bridgehead atoms. The van der Waals surface area contributed by atoms with Gasteiger partial charge in [0.2, 0.25) is 5.88 Å². The molecule has 2 aromatic rings. The number of rotatable bonds is 3. The molecule has 1 aromatic heterocycles. The molecule has 0 aliphatic heterocycles. The highest BCUT2D eigenvalue weighted by atomic mass is 35.5. The van der Waals surface area contributed by atoms with Crippen LogP contribution in [-0.4, -0.2) is 33.6 Å². The maximum Gasteiger partial charge on any atom is 0.322 e. The third kappa shape index (κ3) is 2.50. The van der Waals surface area contributed by atoms with Crippen molar-refractivity contribution in [3.63, 3.8) is 0 Å². The van der Waals surface area contributed by atoms with E-state index >= 15 is 0 Å². The average molecular weight is 295 g/mol. The van der Waals surface area contributed by atoms with Crippen molar-refractivity contribution in [2.75, 3.05) is 6.54 Å². The van der Waals surface area contributed by atoms with Gasteiger partial charge in [0.15, 0.2) is 5.69 Å². The molecule has 0 spiro atoms. The summed E-state index contributed by atoms with van der Waals surface area (Å²) in [5.74, 6) is -2.26. The molecule has 0 unspecified atom stereocenters. The standard InChI is InChI=1S/C13H11ClN2O4/c1-6-3-2-4-7-9(6)10(14)11(16-12(7)19)13(20)15-5-8(17)18/h2-4H,5H2,1H3,(H,15,20)(H,16,19)(H,17,18). The predicted octanol–water partition coefficient (Wildman–Crippen LogP) is 1.72. The Kier molecular flexibility index (Phi) is 3.76. The summed E-state index contributed by atoms with van der Waals surface area (Å²) in [5.41, 5.74) is 0.574. The first-order valence-corrected chi connectivity index (χ1v) is 6.07. The first-order valence-electron chi connectivity index (χ1n) is 5.69. The minimum Gasteiger partial charge on any atom is -0.493 e. The van der Waals surface area contributed by atoms with E-state index in [1.54, 1.807) is 25.1 Å². The Bertz CT molecular complexity index is 715. The zero-order chi connectivity index (χ0) is 14.9. The highest BCUT2D eigenvalue weighted by molar-refractivity contribution is 6.38. The van der Waals surface area contributed by atoms with Gasteiger partial charge >= 0.3 is 5.97 Å². The van der Waals surface area contributed by atoms with Crippen LogP contribution in [0.4, 0.5) is 0 Å². The van der Waals surface area contributed by atoms with E-state index in [-0.39, 0.29) is 16.6 Å². The highest BCUT2D eigenvalue weighted by Crippen LogP contribution is 2.33. The fourth-order valence-electron chi connectivity index (χ4n) is 1.87. The number of carbonyl (C=O) groups excluding carboxylic acids is 1. The number of carboxylic acid groups (broad SMARTS) is 1. The number of benzene rings is 1. The van der Waals surface area contributed by atoms with Gasteiger partial charge in [-0.15, -0.1) is 0 Å². The van der Waals surface area contributed by atoms with Crippen molar-refractivity contribution in [3.05, 3.63) is 34.5 Å². The number of hydrogen-bond acceptors (Lipinski definition) is 4. The maximum absolute atomic E-state index is 11.8. The Morgan fingerprint density at radius 2 is 2.10 bits per heavy atom. The molecule has 6 nitrogen and oxygen atoms in total. The Hall–Kier alpha value is -2.34. The minimum atomic E-state index is -1.18. The Balaban J connectivity index is 2.55. The summed E-state index contributed by atoms with van der Waals surface area (Å²) < 4.78 is 0. The number of fused-ring (bicyclic) bond motifs is 1. The van der Waals surface area contributed by atoms with Crippen molar-refractivity contribution >= 4 is 34.2 Å². The van der Waals surface area contributed by atoms with Gasteiger partial charge in [-0.25, -0.2) is 4.98 Å². The summed E-state index contributed by atoms with van der Waals surface area (Å²) in [6.07, 6.45) is 0. The number of hydrogen-bond donors (Lipinski definition) is 3. The first-order chi connectivity index (χ1) is 9.41. The first kappa shape index (κ1) is 14.1. The summed E-state index contributed by atoms with van der Waals surface area (Å²) in [6, 6.07) is 5.15. The third-order valence-electron chi connectivity index (χ3n) is 2.77. The van der Waals surface area contributed by atoms with Gasteiger partial charge in [0.05, 0.1) is 5.02 Å². The molecule has 0 aliphatic rings. The SMILES string of the molecule is Cc1cccc2c(O)nc(C(=O)NCC(=O)O)c(Cl)c12. The van der Waals surface area contributed by atoms with Crippen molar-refractivity contribution in [2.45, 2.75) is 6.92 Å². The number of aliphatic carboxylic acids is 1. The largest absolute Gasteiger partial charge is 0.493 e. The second-order valence-electron chi connectivity index (χ2n) is 4.17. The molecule has 3 N–H and O–H groups in total. The van der Waals surface area contributed by atoms with E-state index in [2.05, 4.69) is 10.3 Å². The molecule has 1 heterocycles. The van der Waals surface area contributed by atoms with Crippen LogP contribution in [0.15, 0.2) is 18.2 Å². The van der Waals surface area contributed by atoms with Crippen LogP contribution >= 0.6 is 11.6 Å². The number of amides is 1. The molecule has 7 heteroatoms. The number of aryl methyl sites for hydroxylation is 1. The van der Waals surface area contributed by atoms with Gasteiger partial charge in [0.25, 0.3) is 5.91 Å². The lowest BCUT2D eigenvalue weighted by atomic mass is 10.1. The number of pyridine rings is 1. The molecule has 2 rings (SSSR count). The van der Waals surface area contributed by atoms with Crippen LogP contribution in [-0.2, 0) is 4.79 Å². The highest BCUT2D eigenvalue weighted by Gasteiger charge is 2.19. The number of halogens is 1. The van der Waals surface area contributed by atoms with E-state index in [1.165, 1.54) is 0 Å². The molecule has 0 atom stereocenters. The minimum absolute atomic E-state index is 0.0822. The number of nitrogens with one attached hydrogen (secondary N) is 1. The van der Waals surface area contributed by atoms with E-state index in [4.69, 9.17) is 16.7 Å². The van der Waals surface area contributed by atoms with Crippen molar-refractivity contribution in [3.8, 4) is 5.88 Å². The summed E-state index contributed by atoms with van der Waals surface area (Å²) >= 11 is 6.15. The Morgan fingerprint density at radius 1 is 1.40 bits per heavy atom. The van der Waals surface area contributed by atoms with Gasteiger partial charge in [-0.3, -0.25) is 9.59 Å². The van der Waals surface area contributed by atoms with E-state index in [9.17, 15) is 14.7 Å². The predicted molar refractivity (Wildman–Crippen MR) is 73.1 cm³/mol. The fourth-order valence-corrected chi connectivity index (χ4v) is 2.25. The molecule has 0 saturated heterocycles. The van der Waals surface area contributed by atoms with Crippen molar-refractivity contribution < 1.29 is 19.8 Å². The van der Waals surface area contributed by atoms with E-state index in [0.29, 0.717) is 10.8 Å². The van der Waals surface area contributed by atoms with E-state index in [1.807, 2.05) is 0 Å². The van der Waals surface area contributed by atoms with Gasteiger partial charge in [0.1, 0.15) is 6.54 Å². The molecule has 1 amide bonds. The van der Waals surface area contributed by atoms with Gasteiger partial charge in [-0.2, -0.15) is 0 Å². The zero-order valence-electron chi connectivity index (χ0n) is 10.5. The Labute approximate surface area is 119 Å². The smallest absolute Gasteiger partial charge is 0.322 e. The lowest BCUT2D eigenvalue weighted by molar-refractivity contribution is -0.135. The fraction of sp³-hybridized carbons (Fsp3) is 0.154. The topological polar surface area (TPSA) is 99.5 Å². The average Bonchev–Trinajstić information content (AvgIpc) is 2.40. The van der Waals surface area contributed by atoms with Crippen LogP contribution in [0, 0.1) is 6.92 Å². The van der Waals surface area contributed by atoms with Crippen LogP contribution in [0.25, 0.3) is 10.8 Å². The zero-order valence-corrected chi connectivity index (χ0v) is 11.2. The van der Waals surface area contributed by atoms with Crippen LogP contribution < -0.4 is 5.32 Å². The molecule has 0 saturated carbocycles. The van der Waals surface area contributed by atoms with E-state index in [0.717, 1.165) is 5.56 Å². The summed E-state index contributed by atoms with van der Waals surface area (Å²) in [6.45, 7) is 1.23. The monoisotopic (exact) mass is 294 g/mol. The molecule has 0 radical (unpaired) electrons. The second-order valence-corrected chi connectivity index (χ2v) is 4.55. The van der Waals surface area contributed by atoms with Crippen LogP contribution in [0.5, 0.6) is 5.88 Å². The molecular formula is C13H11ClN2O4. The van der Waals surface area contributed by atoms with Crippen molar-refractivity contribution in [1.82, 2.24) is 10.3 Å². The van der Waals surface area contributed by atoms with Crippen molar-refractivity contribution in [1.29, 1.82) is 0 Å². The van der Waals surface area contributed by atoms with Crippen molar-refractivity contribution in [2.24, 2.45) is 0 Å². The van der Waals surface area contributed by atoms with Gasteiger partial charge in [-0.1, -0.05) is 23.7 Å². The van der Waals surface area contributed by atoms with Crippen LogP contribution in [0.3, 0.4) is 0 Å². The summed E-state index contributed by atoms with van der Waals surface area (Å²) in [4.78, 5) is 26.0. The maximum atomic E-state index is 11.8. The van der Waals surface area contributed by atoms with Gasteiger partial charge in [0, 0.05) is 10.8 Å². The summed E-state index contributed by atoms with van der Waals surface area (Å²) in [5, 5.41) is 21.6. The lowest BCUT2D eigenvalue weighted by Gasteiger charge is -2.10. The molecule has 0 aliphatic carbocycles. The quantitative estimate of drug-likeness (QED) is 0.800. The Morgan fingerprint density at radius 3 is 2.75 bits per heavy atom. The normalized spacial score (nSPS) is 10.5. The molecule has 0 fully saturated rings. The molecule has 1 aromatic carbocycles. The number of nitrogens with zero attached hydrogens (tertiary/aromatic N) is 1. The number of aromatic nitrogens is 1. The molecule has 20 heavy (non-hydrogen) atoms. The number of carboxylic acids is 1. The van der Waals surface area contributed by atoms with Crippen LogP contribution in [0.1, 0.15) is 16.1 Å². The molecule has 104 valence electrons. The van der Waals surface area contributed by atoms with Gasteiger partial charge in [-0.05, 0) is 18.6 Å². The van der Waals surface area contributed by atoms with Gasteiger partial charge < -0.3 is 15.5 Å². The number of carbonyl (C=O) groups is 2. The third-order valence-corrected chi connectivity index (χ3v) is 3.14. The second kappa shape index (κ2) is 5.34. The van der Waals surface area contributed by atoms with Crippen LogP contribution in [0.2, 0.25) is 5.02 Å². The number of aromatic hydroxyl groups is 1. The summed E-state index contributed by atoms with van der Waals surface area (Å²) in [7, 11) is 0. The van der Waals surface area contributed by atoms with E-state index < -0.39 is 18.4 Å².